The van der Waals surface area contributed by atoms with Gasteiger partial charge in [-0.3, -0.25) is 9.36 Å². The average molecular weight is 1070 g/mol. The fourth-order valence-corrected chi connectivity index (χ4v) is 10.2. The summed E-state index contributed by atoms with van der Waals surface area (Å²) in [5.74, 6) is -0.200. The molecule has 0 saturated heterocycles. The molecule has 1 amide bonds. The van der Waals surface area contributed by atoms with E-state index < -0.39 is 20.0 Å². The van der Waals surface area contributed by atoms with Crippen LogP contribution in [-0.4, -0.2) is 68.5 Å². The molecule has 0 saturated carbocycles. The number of hydrogen-bond donors (Lipinski definition) is 2. The predicted molar refractivity (Wildman–Crippen MR) is 325 cm³/mol. The lowest BCUT2D eigenvalue weighted by Gasteiger charge is -2.29. The van der Waals surface area contributed by atoms with Crippen molar-refractivity contribution in [3.63, 3.8) is 0 Å². The van der Waals surface area contributed by atoms with Crippen LogP contribution in [0.1, 0.15) is 303 Å². The van der Waals surface area contributed by atoms with Gasteiger partial charge < -0.3 is 28.8 Å². The van der Waals surface area contributed by atoms with Crippen LogP contribution in [0.25, 0.3) is 0 Å². The van der Waals surface area contributed by atoms with Crippen molar-refractivity contribution < 1.29 is 32.9 Å². The van der Waals surface area contributed by atoms with Gasteiger partial charge in [0.15, 0.2) is 0 Å². The Balaban J connectivity index is 4.12. The zero-order valence-corrected chi connectivity index (χ0v) is 51.1. The zero-order valence-electron chi connectivity index (χ0n) is 50.3. The van der Waals surface area contributed by atoms with E-state index in [1.165, 1.54) is 218 Å². The molecule has 0 fully saturated rings. The first-order valence-electron chi connectivity index (χ1n) is 32.2. The minimum Gasteiger partial charge on any atom is -0.756 e. The highest BCUT2D eigenvalue weighted by atomic mass is 31.2. The van der Waals surface area contributed by atoms with Crippen LogP contribution in [0.15, 0.2) is 60.8 Å². The van der Waals surface area contributed by atoms with Crippen molar-refractivity contribution in [1.82, 2.24) is 5.32 Å². The van der Waals surface area contributed by atoms with Crippen LogP contribution >= 0.6 is 7.82 Å². The molecule has 0 spiro atoms. The summed E-state index contributed by atoms with van der Waals surface area (Å²) in [5.41, 5.74) is 0. The monoisotopic (exact) mass is 1070 g/mol. The summed E-state index contributed by atoms with van der Waals surface area (Å²) in [6.07, 6.45) is 77.5. The van der Waals surface area contributed by atoms with Gasteiger partial charge in [-0.2, -0.15) is 0 Å². The number of quaternary nitrogens is 1. The Bertz CT molecular complexity index is 1400. The quantitative estimate of drug-likeness (QED) is 0.0272. The van der Waals surface area contributed by atoms with Crippen LogP contribution in [0, 0.1) is 0 Å². The molecule has 0 radical (unpaired) electrons. The van der Waals surface area contributed by atoms with E-state index in [0.717, 1.165) is 64.2 Å². The number of carbonyl (C=O) groups excluding carboxylic acids is 1. The van der Waals surface area contributed by atoms with E-state index >= 15 is 0 Å². The standard InChI is InChI=1S/C66H125N2O6P/c1-6-8-10-12-14-16-18-20-22-24-26-28-30-31-32-33-34-35-36-38-39-41-43-45-47-49-51-53-55-57-59-65(69)64(63-74-75(71,72)73-62-61-68(3,4)5)67-66(70)60-58-56-54-52-50-48-46-44-42-40-37-29-27-25-23-21-19-17-15-13-11-9-7-2/h9,11,15,17,21,23,27,29,57,59,64-65,69H,6-8,10,12-14,16,18-20,22,24-26,28,30-56,58,60-63H2,1-5H3,(H-,67,70,71,72)/b11-9-,17-15-,23-21-,29-27-,59-57+. The molecule has 0 bridgehead atoms. The zero-order chi connectivity index (χ0) is 54.9. The van der Waals surface area contributed by atoms with Gasteiger partial charge in [0.1, 0.15) is 13.2 Å². The molecule has 0 aromatic carbocycles. The summed E-state index contributed by atoms with van der Waals surface area (Å²) < 4.78 is 23.4. The highest BCUT2D eigenvalue weighted by Gasteiger charge is 2.23. The maximum atomic E-state index is 13.0. The third kappa shape index (κ3) is 59.7. The SMILES string of the molecule is CC/C=C\C/C=C\C/C=C\C/C=C\CCCCCCCCCCCCC(=O)NC(COP(=O)([O-])OCC[N+](C)(C)C)C(O)/C=C/CCCCCCCCCCCCCCCCCCCCCCCCCCCCCC. The number of aliphatic hydroxyl groups excluding tert-OH is 1. The van der Waals surface area contributed by atoms with Gasteiger partial charge in [-0.25, -0.2) is 0 Å². The van der Waals surface area contributed by atoms with Crippen LogP contribution in [0.2, 0.25) is 0 Å². The molecule has 3 unspecified atom stereocenters. The summed E-state index contributed by atoms with van der Waals surface area (Å²) in [6.45, 7) is 4.57. The van der Waals surface area contributed by atoms with E-state index in [9.17, 15) is 19.4 Å². The number of allylic oxidation sites excluding steroid dienone is 9. The number of unbranched alkanes of at least 4 members (excludes halogenated alkanes) is 38. The molecule has 0 aromatic rings. The first-order valence-corrected chi connectivity index (χ1v) is 33.6. The van der Waals surface area contributed by atoms with Crippen molar-refractivity contribution in [2.24, 2.45) is 0 Å². The van der Waals surface area contributed by atoms with Crippen LogP contribution < -0.4 is 10.2 Å². The van der Waals surface area contributed by atoms with Gasteiger partial charge in [-0.15, -0.1) is 0 Å². The molecule has 0 aromatic heterocycles. The minimum absolute atomic E-state index is 0.00329. The van der Waals surface area contributed by atoms with E-state index in [0.29, 0.717) is 17.4 Å². The number of phosphoric acid groups is 1. The number of carbonyl (C=O) groups is 1. The summed E-state index contributed by atoms with van der Waals surface area (Å²) in [7, 11) is 1.26. The van der Waals surface area contributed by atoms with Crippen LogP contribution in [0.4, 0.5) is 0 Å². The van der Waals surface area contributed by atoms with Gasteiger partial charge in [0.05, 0.1) is 39.9 Å². The normalized spacial score (nSPS) is 14.2. The molecule has 0 aliphatic heterocycles. The second-order valence-corrected chi connectivity index (χ2v) is 24.5. The first kappa shape index (κ1) is 73.2. The molecule has 9 heteroatoms. The maximum Gasteiger partial charge on any atom is 0.268 e. The Morgan fingerprint density at radius 1 is 0.480 bits per heavy atom. The van der Waals surface area contributed by atoms with Crippen molar-refractivity contribution in [2.75, 3.05) is 40.9 Å². The van der Waals surface area contributed by atoms with E-state index in [2.05, 4.69) is 67.8 Å². The first-order chi connectivity index (χ1) is 36.5. The smallest absolute Gasteiger partial charge is 0.268 e. The lowest BCUT2D eigenvalue weighted by atomic mass is 10.0. The van der Waals surface area contributed by atoms with Crippen LogP contribution in [-0.2, 0) is 18.4 Å². The minimum atomic E-state index is -4.60. The second-order valence-electron chi connectivity index (χ2n) is 23.1. The molecular formula is C66H125N2O6P. The van der Waals surface area contributed by atoms with Gasteiger partial charge >= 0.3 is 0 Å². The van der Waals surface area contributed by atoms with Gasteiger partial charge in [-0.05, 0) is 57.8 Å². The van der Waals surface area contributed by atoms with E-state index in [-0.39, 0.29) is 19.1 Å². The number of aliphatic hydroxyl groups is 1. The second kappa shape index (κ2) is 56.9. The van der Waals surface area contributed by atoms with Gasteiger partial charge in [-0.1, -0.05) is 299 Å². The third-order valence-corrected chi connectivity index (χ3v) is 15.4. The Labute approximate surface area is 466 Å². The highest BCUT2D eigenvalue weighted by molar-refractivity contribution is 7.45. The lowest BCUT2D eigenvalue weighted by Crippen LogP contribution is -2.45. The van der Waals surface area contributed by atoms with Gasteiger partial charge in [0, 0.05) is 6.42 Å². The summed E-state index contributed by atoms with van der Waals surface area (Å²) >= 11 is 0. The molecule has 0 aliphatic carbocycles. The molecule has 0 heterocycles. The molecule has 440 valence electrons. The van der Waals surface area contributed by atoms with Crippen molar-refractivity contribution in [1.29, 1.82) is 0 Å². The molecular weight excluding hydrogens is 948 g/mol. The van der Waals surface area contributed by atoms with Gasteiger partial charge in [0.25, 0.3) is 7.82 Å². The van der Waals surface area contributed by atoms with Crippen molar-refractivity contribution in [3.8, 4) is 0 Å². The number of phosphoric ester groups is 1. The highest BCUT2D eigenvalue weighted by Crippen LogP contribution is 2.38. The molecule has 0 aliphatic rings. The number of nitrogens with one attached hydrogen (secondary N) is 1. The van der Waals surface area contributed by atoms with E-state index in [1.807, 2.05) is 27.2 Å². The molecule has 8 nitrogen and oxygen atoms in total. The van der Waals surface area contributed by atoms with Gasteiger partial charge in [0.2, 0.25) is 5.91 Å². The molecule has 0 rings (SSSR count). The Morgan fingerprint density at radius 3 is 1.19 bits per heavy atom. The van der Waals surface area contributed by atoms with E-state index in [4.69, 9.17) is 9.05 Å². The van der Waals surface area contributed by atoms with Crippen molar-refractivity contribution in [2.45, 2.75) is 315 Å². The number of amides is 1. The van der Waals surface area contributed by atoms with Crippen molar-refractivity contribution in [3.05, 3.63) is 60.8 Å². The number of hydrogen-bond acceptors (Lipinski definition) is 6. The molecule has 3 atom stereocenters. The Hall–Kier alpha value is -1.80. The largest absolute Gasteiger partial charge is 0.756 e. The van der Waals surface area contributed by atoms with Crippen LogP contribution in [0.3, 0.4) is 0 Å². The third-order valence-electron chi connectivity index (χ3n) is 14.5. The fraction of sp³-hybridized carbons (Fsp3) is 0.833. The maximum absolute atomic E-state index is 13.0. The van der Waals surface area contributed by atoms with Crippen LogP contribution in [0.5, 0.6) is 0 Å². The number of likely N-dealkylation sites (N-methyl/N-ethyl adjacent to an activating group) is 1. The Kier molecular flexibility index (Phi) is 55.5. The fourth-order valence-electron chi connectivity index (χ4n) is 9.50. The topological polar surface area (TPSA) is 108 Å². The van der Waals surface area contributed by atoms with E-state index in [1.54, 1.807) is 6.08 Å². The average Bonchev–Trinajstić information content (AvgIpc) is 3.37. The number of nitrogens with zero attached hydrogens (tertiary/aromatic N) is 1. The molecule has 2 N–H and O–H groups in total. The summed E-state index contributed by atoms with van der Waals surface area (Å²) in [6, 6.07) is -0.893. The summed E-state index contributed by atoms with van der Waals surface area (Å²) in [4.78, 5) is 25.6. The van der Waals surface area contributed by atoms with Crippen molar-refractivity contribution >= 4 is 13.7 Å². The Morgan fingerprint density at radius 2 is 0.813 bits per heavy atom. The predicted octanol–water partition coefficient (Wildman–Crippen LogP) is 19.4. The summed E-state index contributed by atoms with van der Waals surface area (Å²) in [5, 5.41) is 13.9. The number of rotatable bonds is 59. The molecule has 75 heavy (non-hydrogen) atoms. The lowest BCUT2D eigenvalue weighted by molar-refractivity contribution is -0.870.